The van der Waals surface area contributed by atoms with Crippen LogP contribution in [-0.2, 0) is 18.3 Å². The number of hydrogen-bond donors (Lipinski definition) is 0. The molecule has 0 amide bonds. The van der Waals surface area contributed by atoms with E-state index in [4.69, 9.17) is 0 Å². The zero-order valence-electron chi connectivity index (χ0n) is 5.32. The molecule has 0 saturated heterocycles. The third kappa shape index (κ3) is 11.1. The fourth-order valence-electron chi connectivity index (χ4n) is 0. The molecule has 7 heavy (non-hydrogen) atoms. The van der Waals surface area contributed by atoms with Crippen LogP contribution in [0, 0.1) is 5.41 Å². The van der Waals surface area contributed by atoms with Crippen LogP contribution in [-0.4, -0.2) is 0 Å². The van der Waals surface area contributed by atoms with Gasteiger partial charge >= 0.3 is 49.5 Å². The monoisotopic (exact) mass is 263 g/mol. The Morgan fingerprint density at radius 2 is 1.43 bits per heavy atom. The molecule has 41 valence electrons. The van der Waals surface area contributed by atoms with Gasteiger partial charge in [-0.05, 0) is 0 Å². The average Bonchev–Trinajstić information content (AvgIpc) is 1.35. The Morgan fingerprint density at radius 3 is 1.43 bits per heavy atom. The van der Waals surface area contributed by atoms with E-state index >= 15 is 0 Å². The van der Waals surface area contributed by atoms with Crippen LogP contribution in [0.1, 0.15) is 20.8 Å². The van der Waals surface area contributed by atoms with Gasteiger partial charge in [0.1, 0.15) is 0 Å². The van der Waals surface area contributed by atoms with E-state index < -0.39 is 0 Å². The van der Waals surface area contributed by atoms with Gasteiger partial charge in [0.15, 0.2) is 0 Å². The summed E-state index contributed by atoms with van der Waals surface area (Å²) in [4.78, 5) is 0. The molecule has 0 aliphatic rings. The van der Waals surface area contributed by atoms with Gasteiger partial charge in [0, 0.05) is 0 Å². The molecular weight excluding hydrogens is 252 g/mol. The average molecular weight is 264 g/mol. The zero-order valence-corrected chi connectivity index (χ0v) is 10.6. The molecule has 0 unspecified atom stereocenters. The van der Waals surface area contributed by atoms with Gasteiger partial charge in [-0.2, -0.15) is 0 Å². The number of halogens is 1. The first kappa shape index (κ1) is 11.2. The molecule has 0 fully saturated rings. The van der Waals surface area contributed by atoms with Crippen LogP contribution in [0.3, 0.4) is 0 Å². The van der Waals surface area contributed by atoms with Crippen molar-refractivity contribution in [1.82, 2.24) is 0 Å². The second-order valence-electron chi connectivity index (χ2n) is 2.81. The largest absolute Gasteiger partial charge is 0.107 e. The van der Waals surface area contributed by atoms with E-state index in [1.807, 2.05) is 0 Å². The van der Waals surface area contributed by atoms with Crippen LogP contribution in [0.15, 0.2) is 0 Å². The first-order valence-corrected chi connectivity index (χ1v) is 4.45. The summed E-state index contributed by atoms with van der Waals surface area (Å²) in [5.41, 5.74) is 0.597. The van der Waals surface area contributed by atoms with E-state index in [0.717, 1.165) is 0 Å². The fraction of sp³-hybridized carbons (Fsp3) is 1.00. The Kier molecular flexibility index (Phi) is 6.80. The molecule has 0 rings (SSSR count). The molecule has 0 N–H and O–H groups in total. The topological polar surface area (TPSA) is 0 Å². The van der Waals surface area contributed by atoms with Gasteiger partial charge in [0.05, 0.1) is 0 Å². The maximum Gasteiger partial charge on any atom is -0.107 e. The van der Waals surface area contributed by atoms with Crippen LogP contribution in [0.5, 0.6) is 0 Å². The Balaban J connectivity index is 0. The third-order valence-electron chi connectivity index (χ3n) is 0.750. The second kappa shape index (κ2) is 4.25. The summed E-state index contributed by atoms with van der Waals surface area (Å²) in [6.45, 7) is 6.82. The van der Waals surface area contributed by atoms with E-state index in [1.165, 1.54) is 23.3 Å². The van der Waals surface area contributed by atoms with Gasteiger partial charge in [0.25, 0.3) is 0 Å². The first-order chi connectivity index (χ1) is 2.56. The summed E-state index contributed by atoms with van der Waals surface area (Å²) < 4.78 is 0. The van der Waals surface area contributed by atoms with Crippen molar-refractivity contribution in [3.05, 3.63) is 0 Å². The van der Waals surface area contributed by atoms with E-state index in [1.54, 1.807) is 0 Å². The van der Waals surface area contributed by atoms with Crippen LogP contribution < -0.4 is 0 Å². The molecule has 2 heteroatoms. The minimum Gasteiger partial charge on any atom is -0.107 e. The molecule has 0 aromatic heterocycles. The maximum atomic E-state index is 2.27. The molecule has 0 nitrogen and oxygen atoms in total. The van der Waals surface area contributed by atoms with Gasteiger partial charge in [-0.25, -0.2) is 0 Å². The number of rotatable bonds is 0. The van der Waals surface area contributed by atoms with E-state index in [0.29, 0.717) is 5.41 Å². The molecule has 0 aliphatic heterocycles. The molecule has 0 radical (unpaired) electrons. The zero-order chi connectivity index (χ0) is 5.21. The molecule has 0 spiro atoms. The summed E-state index contributed by atoms with van der Waals surface area (Å²) in [7, 11) is 0. The quantitative estimate of drug-likeness (QED) is 0.466. The first-order valence-electron chi connectivity index (χ1n) is 2.35. The van der Waals surface area contributed by atoms with Crippen molar-refractivity contribution in [3.8, 4) is 0 Å². The Bertz CT molecular complexity index is 37.8. The number of hydrogen-bond acceptors (Lipinski definition) is 0. The van der Waals surface area contributed by atoms with E-state index in [2.05, 4.69) is 20.8 Å². The SMILES string of the molecule is CC(C)(C)[CH2][Zn].I. The Morgan fingerprint density at radius 1 is 1.29 bits per heavy atom. The van der Waals surface area contributed by atoms with Crippen molar-refractivity contribution in [1.29, 1.82) is 0 Å². The molecule has 0 aromatic rings. The van der Waals surface area contributed by atoms with Crippen molar-refractivity contribution in [3.63, 3.8) is 0 Å². The van der Waals surface area contributed by atoms with Gasteiger partial charge in [0.2, 0.25) is 0 Å². The van der Waals surface area contributed by atoms with E-state index in [9.17, 15) is 0 Å². The minimum atomic E-state index is 0. The van der Waals surface area contributed by atoms with Crippen molar-refractivity contribution >= 4 is 24.0 Å². The standard InChI is InChI=1S/C5H11.HI.Zn/c1-5(2,3)4;;/h1H2,2-4H3;1H;. The smallest absolute Gasteiger partial charge is 0.107 e. The molecule has 0 atom stereocenters. The normalized spacial score (nSPS) is 10.4. The molecule has 0 aliphatic carbocycles. The molecule has 0 heterocycles. The Hall–Kier alpha value is 1.35. The van der Waals surface area contributed by atoms with Crippen molar-refractivity contribution < 1.29 is 18.3 Å². The Labute approximate surface area is 73.1 Å². The van der Waals surface area contributed by atoms with Crippen LogP contribution in [0.25, 0.3) is 0 Å². The second-order valence-corrected chi connectivity index (χ2v) is 3.86. The molecular formula is C5H12IZn. The van der Waals surface area contributed by atoms with E-state index in [-0.39, 0.29) is 24.0 Å². The van der Waals surface area contributed by atoms with Crippen LogP contribution in [0.4, 0.5) is 0 Å². The molecule has 0 saturated carbocycles. The van der Waals surface area contributed by atoms with Gasteiger partial charge in [-0.3, -0.25) is 0 Å². The summed E-state index contributed by atoms with van der Waals surface area (Å²) >= 11 is 1.43. The fourth-order valence-corrected chi connectivity index (χ4v) is 0. The summed E-state index contributed by atoms with van der Waals surface area (Å²) in [5.74, 6) is 0. The summed E-state index contributed by atoms with van der Waals surface area (Å²) in [6.07, 6.45) is 0. The molecule has 0 bridgehead atoms. The summed E-state index contributed by atoms with van der Waals surface area (Å²) in [5, 5.41) is 1.40. The summed E-state index contributed by atoms with van der Waals surface area (Å²) in [6, 6.07) is 0. The van der Waals surface area contributed by atoms with Crippen molar-refractivity contribution in [2.24, 2.45) is 5.41 Å². The van der Waals surface area contributed by atoms with Gasteiger partial charge in [-0.1, -0.05) is 0 Å². The van der Waals surface area contributed by atoms with Crippen LogP contribution in [0.2, 0.25) is 5.02 Å². The van der Waals surface area contributed by atoms with Crippen molar-refractivity contribution in [2.75, 3.05) is 0 Å². The third-order valence-corrected chi connectivity index (χ3v) is 3.90. The predicted octanol–water partition coefficient (Wildman–Crippen LogP) is 2.62. The van der Waals surface area contributed by atoms with Gasteiger partial charge in [-0.15, -0.1) is 24.0 Å². The van der Waals surface area contributed by atoms with Crippen molar-refractivity contribution in [2.45, 2.75) is 25.8 Å². The molecule has 0 aromatic carbocycles. The van der Waals surface area contributed by atoms with Gasteiger partial charge < -0.3 is 0 Å². The minimum absolute atomic E-state index is 0. The maximum absolute atomic E-state index is 2.27. The predicted molar refractivity (Wildman–Crippen MR) is 39.7 cm³/mol. The van der Waals surface area contributed by atoms with Crippen LogP contribution >= 0.6 is 24.0 Å².